The zero-order valence-electron chi connectivity index (χ0n) is 8.67. The molecule has 0 amide bonds. The largest absolute Gasteiger partial charge is 0.476 e. The van der Waals surface area contributed by atoms with Gasteiger partial charge in [-0.05, 0) is 18.6 Å². The molecule has 2 aromatic rings. The van der Waals surface area contributed by atoms with Crippen LogP contribution in [0.4, 0.5) is 0 Å². The zero-order valence-corrected chi connectivity index (χ0v) is 9.49. The summed E-state index contributed by atoms with van der Waals surface area (Å²) in [5.41, 5.74) is 1.01. The van der Waals surface area contributed by atoms with E-state index >= 15 is 0 Å². The minimum Gasteiger partial charge on any atom is -0.476 e. The molecule has 0 fully saturated rings. The molecule has 0 bridgehead atoms. The molecule has 2 aromatic heterocycles. The Bertz CT molecular complexity index is 508. The molecule has 0 aromatic carbocycles. The van der Waals surface area contributed by atoms with Crippen LogP contribution in [0.5, 0.6) is 0 Å². The van der Waals surface area contributed by atoms with Crippen LogP contribution >= 0.6 is 11.3 Å². The number of rotatable bonds is 3. The molecule has 5 heteroatoms. The Morgan fingerprint density at radius 1 is 1.56 bits per heavy atom. The van der Waals surface area contributed by atoms with Gasteiger partial charge < -0.3 is 5.11 Å². The number of carbonyl (C=O) groups is 1. The second-order valence-corrected chi connectivity index (χ2v) is 4.27. The SMILES string of the molecule is CCc1sc(-c2cccnc2)nc1C(=O)O. The van der Waals surface area contributed by atoms with Gasteiger partial charge in [0, 0.05) is 22.8 Å². The lowest BCUT2D eigenvalue weighted by molar-refractivity contribution is 0.0690. The van der Waals surface area contributed by atoms with Gasteiger partial charge in [0.1, 0.15) is 5.01 Å². The van der Waals surface area contributed by atoms with Crippen LogP contribution in [0.15, 0.2) is 24.5 Å². The molecular formula is C11H10N2O2S. The predicted octanol–water partition coefficient (Wildman–Crippen LogP) is 2.47. The number of aromatic nitrogens is 2. The average Bonchev–Trinajstić information content (AvgIpc) is 2.74. The van der Waals surface area contributed by atoms with E-state index in [4.69, 9.17) is 5.11 Å². The van der Waals surface area contributed by atoms with Gasteiger partial charge in [-0.2, -0.15) is 0 Å². The summed E-state index contributed by atoms with van der Waals surface area (Å²) < 4.78 is 0. The van der Waals surface area contributed by atoms with E-state index in [9.17, 15) is 4.79 Å². The van der Waals surface area contributed by atoms with E-state index in [0.29, 0.717) is 11.4 Å². The monoisotopic (exact) mass is 234 g/mol. The van der Waals surface area contributed by atoms with Gasteiger partial charge in [0.2, 0.25) is 0 Å². The molecule has 0 aliphatic heterocycles. The maximum absolute atomic E-state index is 11.0. The van der Waals surface area contributed by atoms with Crippen LogP contribution in [0, 0.1) is 0 Å². The van der Waals surface area contributed by atoms with Crippen molar-refractivity contribution in [2.45, 2.75) is 13.3 Å². The molecule has 2 heterocycles. The molecule has 0 unspecified atom stereocenters. The fourth-order valence-corrected chi connectivity index (χ4v) is 2.35. The topological polar surface area (TPSA) is 63.1 Å². The fraction of sp³-hybridized carbons (Fsp3) is 0.182. The van der Waals surface area contributed by atoms with Gasteiger partial charge in [0.15, 0.2) is 5.69 Å². The quantitative estimate of drug-likeness (QED) is 0.886. The number of carboxylic acids is 1. The second-order valence-electron chi connectivity index (χ2n) is 3.19. The summed E-state index contributed by atoms with van der Waals surface area (Å²) >= 11 is 1.41. The van der Waals surface area contributed by atoms with Crippen molar-refractivity contribution in [1.29, 1.82) is 0 Å². The number of nitrogens with zero attached hydrogens (tertiary/aromatic N) is 2. The van der Waals surface area contributed by atoms with Crippen LogP contribution in [0.25, 0.3) is 10.6 Å². The summed E-state index contributed by atoms with van der Waals surface area (Å²) in [6.45, 7) is 1.92. The first-order valence-corrected chi connectivity index (χ1v) is 5.67. The molecule has 82 valence electrons. The molecule has 0 saturated carbocycles. The van der Waals surface area contributed by atoms with Crippen molar-refractivity contribution in [2.24, 2.45) is 0 Å². The van der Waals surface area contributed by atoms with Gasteiger partial charge in [-0.1, -0.05) is 6.92 Å². The molecule has 0 saturated heterocycles. The Morgan fingerprint density at radius 3 is 2.88 bits per heavy atom. The highest BCUT2D eigenvalue weighted by atomic mass is 32.1. The molecule has 1 N–H and O–H groups in total. The van der Waals surface area contributed by atoms with Crippen molar-refractivity contribution in [3.05, 3.63) is 35.1 Å². The molecule has 2 rings (SSSR count). The van der Waals surface area contributed by atoms with Crippen LogP contribution < -0.4 is 0 Å². The molecule has 16 heavy (non-hydrogen) atoms. The fourth-order valence-electron chi connectivity index (χ4n) is 1.37. The lowest BCUT2D eigenvalue weighted by atomic mass is 10.3. The zero-order chi connectivity index (χ0) is 11.5. The van der Waals surface area contributed by atoms with Crippen molar-refractivity contribution in [3.8, 4) is 10.6 Å². The van der Waals surface area contributed by atoms with E-state index in [1.54, 1.807) is 12.4 Å². The van der Waals surface area contributed by atoms with Crippen LogP contribution in [0.3, 0.4) is 0 Å². The van der Waals surface area contributed by atoms with Crippen molar-refractivity contribution < 1.29 is 9.90 Å². The van der Waals surface area contributed by atoms with Gasteiger partial charge in [-0.25, -0.2) is 9.78 Å². The lowest BCUT2D eigenvalue weighted by Gasteiger charge is -1.91. The van der Waals surface area contributed by atoms with E-state index in [-0.39, 0.29) is 5.69 Å². The summed E-state index contributed by atoms with van der Waals surface area (Å²) in [6.07, 6.45) is 4.04. The molecule has 0 aliphatic carbocycles. The third-order valence-corrected chi connectivity index (χ3v) is 3.38. The summed E-state index contributed by atoms with van der Waals surface area (Å²) in [4.78, 5) is 19.9. The summed E-state index contributed by atoms with van der Waals surface area (Å²) in [6, 6.07) is 3.68. The lowest BCUT2D eigenvalue weighted by Crippen LogP contribution is -1.99. The second kappa shape index (κ2) is 4.40. The highest BCUT2D eigenvalue weighted by molar-refractivity contribution is 7.15. The van der Waals surface area contributed by atoms with Crippen LogP contribution in [-0.4, -0.2) is 21.0 Å². The van der Waals surface area contributed by atoms with Gasteiger partial charge >= 0.3 is 5.97 Å². The van der Waals surface area contributed by atoms with Crippen LogP contribution in [0.1, 0.15) is 22.3 Å². The molecule has 4 nitrogen and oxygen atoms in total. The number of aryl methyl sites for hydroxylation is 1. The predicted molar refractivity (Wildman–Crippen MR) is 61.7 cm³/mol. The van der Waals surface area contributed by atoms with Crippen LogP contribution in [0.2, 0.25) is 0 Å². The minimum atomic E-state index is -0.969. The first-order chi connectivity index (χ1) is 7.72. The first-order valence-electron chi connectivity index (χ1n) is 4.85. The number of aromatic carboxylic acids is 1. The van der Waals surface area contributed by atoms with Gasteiger partial charge in [-0.3, -0.25) is 4.98 Å². The number of hydrogen-bond acceptors (Lipinski definition) is 4. The van der Waals surface area contributed by atoms with Crippen molar-refractivity contribution in [2.75, 3.05) is 0 Å². The van der Waals surface area contributed by atoms with E-state index in [1.807, 2.05) is 19.1 Å². The van der Waals surface area contributed by atoms with Crippen molar-refractivity contribution >= 4 is 17.3 Å². The van der Waals surface area contributed by atoms with E-state index in [1.165, 1.54) is 11.3 Å². The average molecular weight is 234 g/mol. The third kappa shape index (κ3) is 1.94. The van der Waals surface area contributed by atoms with E-state index < -0.39 is 5.97 Å². The Labute approximate surface area is 96.6 Å². The Morgan fingerprint density at radius 2 is 2.38 bits per heavy atom. The molecule has 0 spiro atoms. The first kappa shape index (κ1) is 10.8. The molecule has 0 atom stereocenters. The highest BCUT2D eigenvalue weighted by Crippen LogP contribution is 2.27. The maximum Gasteiger partial charge on any atom is 0.355 e. The number of hydrogen-bond donors (Lipinski definition) is 1. The van der Waals surface area contributed by atoms with Crippen molar-refractivity contribution in [3.63, 3.8) is 0 Å². The summed E-state index contributed by atoms with van der Waals surface area (Å²) in [7, 11) is 0. The third-order valence-electron chi connectivity index (χ3n) is 2.13. The van der Waals surface area contributed by atoms with Gasteiger partial charge in [0.25, 0.3) is 0 Å². The standard InChI is InChI=1S/C11H10N2O2S/c1-2-8-9(11(14)15)13-10(16-8)7-4-3-5-12-6-7/h3-6H,2H2,1H3,(H,14,15). The van der Waals surface area contributed by atoms with E-state index in [2.05, 4.69) is 9.97 Å². The summed E-state index contributed by atoms with van der Waals surface area (Å²) in [5.74, 6) is -0.969. The molecule has 0 aliphatic rings. The smallest absolute Gasteiger partial charge is 0.355 e. The highest BCUT2D eigenvalue weighted by Gasteiger charge is 2.16. The van der Waals surface area contributed by atoms with Crippen molar-refractivity contribution in [1.82, 2.24) is 9.97 Å². The Balaban J connectivity index is 2.48. The van der Waals surface area contributed by atoms with E-state index in [0.717, 1.165) is 10.4 Å². The number of carboxylic acid groups (broad SMARTS) is 1. The number of pyridine rings is 1. The number of thiazole rings is 1. The maximum atomic E-state index is 11.0. The normalized spacial score (nSPS) is 10.3. The molecule has 0 radical (unpaired) electrons. The Kier molecular flexibility index (Phi) is 2.96. The van der Waals surface area contributed by atoms with Crippen LogP contribution in [-0.2, 0) is 6.42 Å². The molecular weight excluding hydrogens is 224 g/mol. The van der Waals surface area contributed by atoms with Gasteiger partial charge in [-0.15, -0.1) is 11.3 Å². The minimum absolute atomic E-state index is 0.159. The Hall–Kier alpha value is -1.75. The van der Waals surface area contributed by atoms with Gasteiger partial charge in [0.05, 0.1) is 0 Å². The summed E-state index contributed by atoms with van der Waals surface area (Å²) in [5, 5.41) is 9.70.